The van der Waals surface area contributed by atoms with Gasteiger partial charge >= 0.3 is 0 Å². The van der Waals surface area contributed by atoms with Crippen LogP contribution in [0.25, 0.3) is 0 Å². The molecule has 0 aromatic heterocycles. The van der Waals surface area contributed by atoms with Gasteiger partial charge in [-0.3, -0.25) is 14.4 Å². The van der Waals surface area contributed by atoms with E-state index < -0.39 is 5.54 Å². The molecule has 5 rings (SSSR count). The first-order valence-electron chi connectivity index (χ1n) is 12.5. The Bertz CT molecular complexity index is 1140. The highest BCUT2D eigenvalue weighted by Crippen LogP contribution is 2.40. The summed E-state index contributed by atoms with van der Waals surface area (Å²) in [7, 11) is 0. The molecular formula is C27H30Cl2N4O3. The fourth-order valence-electron chi connectivity index (χ4n) is 5.64. The highest BCUT2D eigenvalue weighted by molar-refractivity contribution is 6.36. The van der Waals surface area contributed by atoms with Crippen molar-refractivity contribution in [2.75, 3.05) is 44.3 Å². The zero-order valence-corrected chi connectivity index (χ0v) is 21.7. The van der Waals surface area contributed by atoms with Crippen molar-refractivity contribution in [1.29, 1.82) is 0 Å². The van der Waals surface area contributed by atoms with Crippen LogP contribution in [0.3, 0.4) is 0 Å². The fraction of sp³-hybridized carbons (Fsp3) is 0.444. The van der Waals surface area contributed by atoms with Crippen LogP contribution in [0, 0.1) is 0 Å². The number of piperidine rings is 2. The molecule has 3 fully saturated rings. The summed E-state index contributed by atoms with van der Waals surface area (Å²) in [5, 5.41) is 0.793. The summed E-state index contributed by atoms with van der Waals surface area (Å²) in [4.78, 5) is 47.5. The lowest BCUT2D eigenvalue weighted by atomic mass is 9.85. The molecule has 3 amide bonds. The summed E-state index contributed by atoms with van der Waals surface area (Å²) in [6.45, 7) is 2.81. The minimum Gasteiger partial charge on any atom is -0.341 e. The third kappa shape index (κ3) is 4.66. The highest BCUT2D eigenvalue weighted by atomic mass is 35.5. The normalized spacial score (nSPS) is 19.8. The lowest BCUT2D eigenvalue weighted by Crippen LogP contribution is -2.57. The monoisotopic (exact) mass is 528 g/mol. The van der Waals surface area contributed by atoms with Gasteiger partial charge in [0, 0.05) is 36.9 Å². The molecule has 3 aliphatic rings. The van der Waals surface area contributed by atoms with Crippen LogP contribution in [0.2, 0.25) is 10.0 Å². The summed E-state index contributed by atoms with van der Waals surface area (Å²) in [5.41, 5.74) is 0.562. The van der Waals surface area contributed by atoms with E-state index in [-0.39, 0.29) is 24.3 Å². The molecule has 36 heavy (non-hydrogen) atoms. The molecule has 2 aromatic rings. The topological polar surface area (TPSA) is 64.2 Å². The van der Waals surface area contributed by atoms with Gasteiger partial charge in [-0.2, -0.15) is 0 Å². The van der Waals surface area contributed by atoms with E-state index in [1.807, 2.05) is 35.2 Å². The Morgan fingerprint density at radius 2 is 1.56 bits per heavy atom. The number of carbonyl (C=O) groups is 3. The Morgan fingerprint density at radius 3 is 2.22 bits per heavy atom. The van der Waals surface area contributed by atoms with Gasteiger partial charge < -0.3 is 19.6 Å². The van der Waals surface area contributed by atoms with Gasteiger partial charge in [0.15, 0.2) is 0 Å². The Morgan fingerprint density at radius 1 is 0.861 bits per heavy atom. The van der Waals surface area contributed by atoms with Crippen LogP contribution < -0.4 is 4.90 Å². The van der Waals surface area contributed by atoms with Crippen molar-refractivity contribution in [3.05, 3.63) is 64.1 Å². The molecule has 9 heteroatoms. The standard InChI is InChI=1S/C27H30Cl2N4O3/c28-20-9-10-22(23(29)17-20)25(35)31-15-11-27(12-16-31)26(36)32(18-24(34)30-13-5-2-6-14-30)19-33(27)21-7-3-1-4-8-21/h1,3-4,7-10,17H,2,5-6,11-16,18-19H2. The molecule has 0 radical (unpaired) electrons. The third-order valence-corrected chi connectivity index (χ3v) is 8.20. The van der Waals surface area contributed by atoms with Crippen molar-refractivity contribution in [2.24, 2.45) is 0 Å². The largest absolute Gasteiger partial charge is 0.341 e. The summed E-state index contributed by atoms with van der Waals surface area (Å²) in [6, 6.07) is 14.7. The summed E-state index contributed by atoms with van der Waals surface area (Å²) in [5.74, 6) is -0.188. The van der Waals surface area contributed by atoms with Gasteiger partial charge in [0.1, 0.15) is 12.1 Å². The quantitative estimate of drug-likeness (QED) is 0.593. The second kappa shape index (κ2) is 10.3. The summed E-state index contributed by atoms with van der Waals surface area (Å²) < 4.78 is 0. The minimum absolute atomic E-state index is 0.0121. The molecule has 3 aliphatic heterocycles. The SMILES string of the molecule is O=C(CN1CN(c2ccccc2)C2(CCN(C(=O)c3ccc(Cl)cc3Cl)CC2)C1=O)N1CCCCC1. The van der Waals surface area contributed by atoms with Gasteiger partial charge in [0.2, 0.25) is 5.91 Å². The predicted octanol–water partition coefficient (Wildman–Crippen LogP) is 4.29. The molecule has 0 unspecified atom stereocenters. The number of para-hydroxylation sites is 1. The van der Waals surface area contributed by atoms with Crippen molar-refractivity contribution < 1.29 is 14.4 Å². The van der Waals surface area contributed by atoms with Crippen molar-refractivity contribution in [3.63, 3.8) is 0 Å². The van der Waals surface area contributed by atoms with E-state index in [1.165, 1.54) is 0 Å². The molecule has 0 N–H and O–H groups in total. The van der Waals surface area contributed by atoms with E-state index in [0.717, 1.165) is 38.0 Å². The Balaban J connectivity index is 1.35. The van der Waals surface area contributed by atoms with Gasteiger partial charge in [-0.25, -0.2) is 0 Å². The van der Waals surface area contributed by atoms with Gasteiger partial charge in [0.25, 0.3) is 11.8 Å². The average Bonchev–Trinajstić information content (AvgIpc) is 3.16. The molecular weight excluding hydrogens is 499 g/mol. The van der Waals surface area contributed by atoms with Crippen LogP contribution in [-0.2, 0) is 9.59 Å². The summed E-state index contributed by atoms with van der Waals surface area (Å²) >= 11 is 12.3. The number of carbonyl (C=O) groups excluding carboxylic acids is 3. The van der Waals surface area contributed by atoms with Crippen molar-refractivity contribution in [3.8, 4) is 0 Å². The Hall–Kier alpha value is -2.77. The first-order chi connectivity index (χ1) is 17.4. The number of benzene rings is 2. The number of rotatable bonds is 4. The lowest BCUT2D eigenvalue weighted by molar-refractivity contribution is -0.141. The molecule has 3 heterocycles. The van der Waals surface area contributed by atoms with Gasteiger partial charge in [-0.15, -0.1) is 0 Å². The molecule has 0 saturated carbocycles. The molecule has 3 saturated heterocycles. The highest BCUT2D eigenvalue weighted by Gasteiger charge is 2.54. The van der Waals surface area contributed by atoms with E-state index in [0.29, 0.717) is 48.2 Å². The maximum atomic E-state index is 13.9. The predicted molar refractivity (Wildman–Crippen MR) is 140 cm³/mol. The number of amides is 3. The van der Waals surface area contributed by atoms with Crippen LogP contribution >= 0.6 is 23.2 Å². The fourth-order valence-corrected chi connectivity index (χ4v) is 6.13. The second-order valence-electron chi connectivity index (χ2n) is 9.80. The Kier molecular flexibility index (Phi) is 7.13. The molecule has 190 valence electrons. The number of hydrogen-bond acceptors (Lipinski definition) is 4. The van der Waals surface area contributed by atoms with Crippen molar-refractivity contribution in [1.82, 2.24) is 14.7 Å². The third-order valence-electron chi connectivity index (χ3n) is 7.66. The molecule has 7 nitrogen and oxygen atoms in total. The number of anilines is 1. The minimum atomic E-state index is -0.788. The average molecular weight is 529 g/mol. The van der Waals surface area contributed by atoms with E-state index in [9.17, 15) is 14.4 Å². The molecule has 2 aromatic carbocycles. The van der Waals surface area contributed by atoms with Gasteiger partial charge in [-0.1, -0.05) is 41.4 Å². The lowest BCUT2D eigenvalue weighted by Gasteiger charge is -2.43. The summed E-state index contributed by atoms with van der Waals surface area (Å²) in [6.07, 6.45) is 4.13. The van der Waals surface area contributed by atoms with Crippen molar-refractivity contribution in [2.45, 2.75) is 37.6 Å². The number of nitrogens with zero attached hydrogens (tertiary/aromatic N) is 4. The smallest absolute Gasteiger partial charge is 0.255 e. The molecule has 0 bridgehead atoms. The maximum Gasteiger partial charge on any atom is 0.255 e. The first kappa shape index (κ1) is 24.9. The van der Waals surface area contributed by atoms with Crippen LogP contribution in [0.1, 0.15) is 42.5 Å². The van der Waals surface area contributed by atoms with Crippen LogP contribution in [0.4, 0.5) is 5.69 Å². The number of halogens is 2. The van der Waals surface area contributed by atoms with E-state index in [2.05, 4.69) is 4.90 Å². The molecule has 0 atom stereocenters. The van der Waals surface area contributed by atoms with Gasteiger partial charge in [-0.05, 0) is 62.4 Å². The molecule has 1 spiro atoms. The van der Waals surface area contributed by atoms with E-state index in [4.69, 9.17) is 23.2 Å². The molecule has 0 aliphatic carbocycles. The number of hydrogen-bond donors (Lipinski definition) is 0. The van der Waals surface area contributed by atoms with E-state index in [1.54, 1.807) is 28.0 Å². The second-order valence-corrected chi connectivity index (χ2v) is 10.6. The van der Waals surface area contributed by atoms with E-state index >= 15 is 0 Å². The Labute approximate surface area is 221 Å². The zero-order chi connectivity index (χ0) is 25.3. The maximum absolute atomic E-state index is 13.9. The van der Waals surface area contributed by atoms with Crippen molar-refractivity contribution >= 4 is 46.6 Å². The van der Waals surface area contributed by atoms with Gasteiger partial charge in [0.05, 0.1) is 17.3 Å². The van der Waals surface area contributed by atoms with Crippen LogP contribution in [0.5, 0.6) is 0 Å². The van der Waals surface area contributed by atoms with Crippen LogP contribution in [0.15, 0.2) is 48.5 Å². The van der Waals surface area contributed by atoms with Crippen LogP contribution in [-0.4, -0.2) is 77.4 Å². The first-order valence-corrected chi connectivity index (χ1v) is 13.3. The number of likely N-dealkylation sites (tertiary alicyclic amines) is 2. The zero-order valence-electron chi connectivity index (χ0n) is 20.2.